The maximum Gasteiger partial charge on any atom is 0.337 e. The minimum absolute atomic E-state index is 0.0974. The van der Waals surface area contributed by atoms with Crippen LogP contribution in [-0.4, -0.2) is 53.2 Å². The van der Waals surface area contributed by atoms with E-state index in [0.29, 0.717) is 17.3 Å². The third-order valence-corrected chi connectivity index (χ3v) is 6.67. The molecule has 5 rings (SSSR count). The summed E-state index contributed by atoms with van der Waals surface area (Å²) in [6, 6.07) is 21.6. The largest absolute Gasteiger partial charge is 0.465 e. The molecule has 1 unspecified atom stereocenters. The molecule has 190 valence electrons. The number of carbonyl (C=O) groups excluding carboxylic acids is 2. The molecule has 8 nitrogen and oxygen atoms in total. The molecular weight excluding hydrogens is 466 g/mol. The van der Waals surface area contributed by atoms with Crippen molar-refractivity contribution in [3.05, 3.63) is 89.6 Å². The topological polar surface area (TPSA) is 99.4 Å². The molecule has 0 spiro atoms. The van der Waals surface area contributed by atoms with Crippen LogP contribution in [0.1, 0.15) is 34.3 Å². The van der Waals surface area contributed by atoms with Gasteiger partial charge in [-0.05, 0) is 73.0 Å². The average molecular weight is 498 g/mol. The molecule has 0 saturated carbocycles. The van der Waals surface area contributed by atoms with Crippen molar-refractivity contribution in [1.29, 1.82) is 0 Å². The maximum atomic E-state index is 12.6. The van der Waals surface area contributed by atoms with Crippen LogP contribution in [0.4, 0.5) is 11.4 Å². The Hall–Kier alpha value is -4.17. The molecule has 1 aliphatic rings. The number of fused-ring (bicyclic) bond motifs is 1. The fourth-order valence-electron chi connectivity index (χ4n) is 4.88. The van der Waals surface area contributed by atoms with Gasteiger partial charge in [0.25, 0.3) is 0 Å². The number of piperidine rings is 1. The number of amides is 1. The van der Waals surface area contributed by atoms with E-state index < -0.39 is 5.97 Å². The molecule has 0 bridgehead atoms. The monoisotopic (exact) mass is 497 g/mol. The maximum absolute atomic E-state index is 12.6. The molecule has 1 fully saturated rings. The Kier molecular flexibility index (Phi) is 7.46. The summed E-state index contributed by atoms with van der Waals surface area (Å²) >= 11 is 0. The molecule has 2 heterocycles. The van der Waals surface area contributed by atoms with Gasteiger partial charge in [0, 0.05) is 35.9 Å². The van der Waals surface area contributed by atoms with Crippen LogP contribution in [0.25, 0.3) is 10.9 Å². The molecule has 1 saturated heterocycles. The summed E-state index contributed by atoms with van der Waals surface area (Å²) in [5.74, 6) is -0.499. The Labute approximate surface area is 216 Å². The van der Waals surface area contributed by atoms with Crippen molar-refractivity contribution in [2.45, 2.75) is 31.8 Å². The minimum Gasteiger partial charge on any atom is -0.465 e. The van der Waals surface area contributed by atoms with E-state index in [4.69, 9.17) is 4.74 Å². The van der Waals surface area contributed by atoms with Crippen molar-refractivity contribution in [1.82, 2.24) is 15.1 Å². The third kappa shape index (κ3) is 6.34. The van der Waals surface area contributed by atoms with Crippen LogP contribution in [-0.2, 0) is 22.5 Å². The first-order valence-electron chi connectivity index (χ1n) is 12.5. The molecule has 1 amide bonds. The predicted molar refractivity (Wildman–Crippen MR) is 145 cm³/mol. The number of carbonyl (C=O) groups is 2. The van der Waals surface area contributed by atoms with E-state index in [-0.39, 0.29) is 12.3 Å². The van der Waals surface area contributed by atoms with E-state index in [1.165, 1.54) is 12.7 Å². The van der Waals surface area contributed by atoms with Crippen molar-refractivity contribution in [3.63, 3.8) is 0 Å². The number of benzene rings is 3. The zero-order valence-electron chi connectivity index (χ0n) is 20.9. The van der Waals surface area contributed by atoms with Gasteiger partial charge >= 0.3 is 5.97 Å². The number of rotatable bonds is 8. The fourth-order valence-corrected chi connectivity index (χ4v) is 4.88. The summed E-state index contributed by atoms with van der Waals surface area (Å²) in [6.45, 7) is 2.88. The van der Waals surface area contributed by atoms with Crippen molar-refractivity contribution in [2.75, 3.05) is 30.8 Å². The number of hydrogen-bond donors (Lipinski definition) is 3. The van der Waals surface area contributed by atoms with E-state index in [9.17, 15) is 9.59 Å². The fraction of sp³-hybridized carbons (Fsp3) is 0.276. The van der Waals surface area contributed by atoms with Gasteiger partial charge in [-0.15, -0.1) is 0 Å². The predicted octanol–water partition coefficient (Wildman–Crippen LogP) is 4.61. The van der Waals surface area contributed by atoms with Gasteiger partial charge in [0.15, 0.2) is 0 Å². The second-order valence-electron chi connectivity index (χ2n) is 9.50. The summed E-state index contributed by atoms with van der Waals surface area (Å²) in [7, 11) is 1.34. The minimum atomic E-state index is -0.402. The highest BCUT2D eigenvalue weighted by Gasteiger charge is 2.20. The molecule has 0 radical (unpaired) electrons. The van der Waals surface area contributed by atoms with E-state index in [1.807, 2.05) is 18.3 Å². The summed E-state index contributed by atoms with van der Waals surface area (Å²) in [5.41, 5.74) is 5.43. The zero-order valence-corrected chi connectivity index (χ0v) is 20.9. The van der Waals surface area contributed by atoms with Crippen molar-refractivity contribution in [3.8, 4) is 0 Å². The molecule has 0 aliphatic carbocycles. The van der Waals surface area contributed by atoms with Gasteiger partial charge in [-0.1, -0.05) is 24.3 Å². The number of hydrogen-bond acceptors (Lipinski definition) is 6. The first-order valence-corrected chi connectivity index (χ1v) is 12.5. The number of nitrogens with one attached hydrogen (secondary N) is 3. The van der Waals surface area contributed by atoms with Crippen LogP contribution in [0.2, 0.25) is 0 Å². The lowest BCUT2D eigenvalue weighted by Crippen LogP contribution is -2.41. The van der Waals surface area contributed by atoms with Gasteiger partial charge in [-0.3, -0.25) is 14.8 Å². The van der Waals surface area contributed by atoms with Gasteiger partial charge in [-0.2, -0.15) is 5.10 Å². The van der Waals surface area contributed by atoms with E-state index >= 15 is 0 Å². The molecule has 37 heavy (non-hydrogen) atoms. The van der Waals surface area contributed by atoms with Gasteiger partial charge in [-0.25, -0.2) is 4.79 Å². The lowest BCUT2D eigenvalue weighted by Gasteiger charge is -2.33. The standard InChI is InChI=1S/C29H31N5O3/c1-37-29(36)22-7-9-24(10-8-22)32-28(35)15-20-4-2-5-21(14-20)18-34-13-3-6-26(19-34)31-25-11-12-27-23(16-25)17-30-33-27/h2,4-5,7-12,14,16-17,26,31H,3,6,13,15,18-19H2,1H3,(H,30,33)(H,32,35). The second kappa shape index (κ2) is 11.3. The highest BCUT2D eigenvalue weighted by molar-refractivity contribution is 5.94. The summed E-state index contributed by atoms with van der Waals surface area (Å²) < 4.78 is 4.71. The average Bonchev–Trinajstić information content (AvgIpc) is 3.37. The van der Waals surface area contributed by atoms with Crippen LogP contribution in [0.5, 0.6) is 0 Å². The molecule has 1 aliphatic heterocycles. The number of esters is 1. The van der Waals surface area contributed by atoms with Gasteiger partial charge in [0.05, 0.1) is 30.8 Å². The molecular formula is C29H31N5O3. The SMILES string of the molecule is COC(=O)c1ccc(NC(=O)Cc2cccc(CN3CCCC(Nc4ccc5[nH]ncc5c4)C3)c2)cc1. The van der Waals surface area contributed by atoms with Crippen LogP contribution >= 0.6 is 0 Å². The number of methoxy groups -OCH3 is 1. The number of anilines is 2. The Morgan fingerprint density at radius 2 is 1.86 bits per heavy atom. The lowest BCUT2D eigenvalue weighted by molar-refractivity contribution is -0.115. The van der Waals surface area contributed by atoms with Gasteiger partial charge < -0.3 is 15.4 Å². The molecule has 3 N–H and O–H groups in total. The Bertz CT molecular complexity index is 1380. The van der Waals surface area contributed by atoms with Crippen molar-refractivity contribution in [2.24, 2.45) is 0 Å². The van der Waals surface area contributed by atoms with Crippen LogP contribution in [0, 0.1) is 0 Å². The number of H-pyrrole nitrogens is 1. The molecule has 8 heteroatoms. The van der Waals surface area contributed by atoms with Crippen molar-refractivity contribution >= 4 is 34.2 Å². The van der Waals surface area contributed by atoms with Gasteiger partial charge in [0.1, 0.15) is 0 Å². The summed E-state index contributed by atoms with van der Waals surface area (Å²) in [5, 5.41) is 14.8. The Balaban J connectivity index is 1.14. The highest BCUT2D eigenvalue weighted by atomic mass is 16.5. The van der Waals surface area contributed by atoms with Crippen LogP contribution < -0.4 is 10.6 Å². The van der Waals surface area contributed by atoms with E-state index in [2.05, 4.69) is 56.1 Å². The molecule has 3 aromatic carbocycles. The quantitative estimate of drug-likeness (QED) is 0.308. The second-order valence-corrected chi connectivity index (χ2v) is 9.50. The summed E-state index contributed by atoms with van der Waals surface area (Å²) in [4.78, 5) is 26.7. The van der Waals surface area contributed by atoms with Crippen molar-refractivity contribution < 1.29 is 14.3 Å². The number of aromatic nitrogens is 2. The van der Waals surface area contributed by atoms with Crippen LogP contribution in [0.3, 0.4) is 0 Å². The highest BCUT2D eigenvalue weighted by Crippen LogP contribution is 2.22. The molecule has 1 aromatic heterocycles. The van der Waals surface area contributed by atoms with Gasteiger partial charge in [0.2, 0.25) is 5.91 Å². The van der Waals surface area contributed by atoms with E-state index in [0.717, 1.165) is 54.6 Å². The molecule has 1 atom stereocenters. The van der Waals surface area contributed by atoms with Crippen LogP contribution in [0.15, 0.2) is 72.9 Å². The number of nitrogens with zero attached hydrogens (tertiary/aromatic N) is 2. The lowest BCUT2D eigenvalue weighted by atomic mass is 10.0. The Morgan fingerprint density at radius 3 is 2.70 bits per heavy atom. The smallest absolute Gasteiger partial charge is 0.337 e. The zero-order chi connectivity index (χ0) is 25.6. The number of likely N-dealkylation sites (tertiary alicyclic amines) is 1. The first kappa shape index (κ1) is 24.5. The first-order chi connectivity index (χ1) is 18.1. The third-order valence-electron chi connectivity index (χ3n) is 6.67. The number of ether oxygens (including phenoxy) is 1. The van der Waals surface area contributed by atoms with E-state index in [1.54, 1.807) is 24.3 Å². The Morgan fingerprint density at radius 1 is 1.05 bits per heavy atom. The molecule has 4 aromatic rings. The number of aromatic amines is 1. The summed E-state index contributed by atoms with van der Waals surface area (Å²) in [6.07, 6.45) is 4.41. The normalized spacial score (nSPS) is 15.9.